The molecule has 0 saturated carbocycles. The second kappa shape index (κ2) is 7.65. The van der Waals surface area contributed by atoms with Crippen LogP contribution in [-0.4, -0.2) is 32.7 Å². The number of hydrogen-bond acceptors (Lipinski definition) is 4. The summed E-state index contributed by atoms with van der Waals surface area (Å²) in [6.45, 7) is 2.56. The molecule has 6 nitrogen and oxygen atoms in total. The number of carbonyl (C=O) groups excluding carboxylic acids is 1. The van der Waals surface area contributed by atoms with Gasteiger partial charge in [-0.2, -0.15) is 4.80 Å². The number of tetrazole rings is 1. The number of halogens is 1. The summed E-state index contributed by atoms with van der Waals surface area (Å²) in [5, 5.41) is 14.8. The summed E-state index contributed by atoms with van der Waals surface area (Å²) < 4.78 is 12.9. The van der Waals surface area contributed by atoms with Crippen LogP contribution in [-0.2, 0) is 11.3 Å². The van der Waals surface area contributed by atoms with Gasteiger partial charge in [-0.15, -0.1) is 10.2 Å². The molecule has 1 heterocycles. The highest BCUT2D eigenvalue weighted by atomic mass is 19.1. The number of carbonyl (C=O) groups is 1. The summed E-state index contributed by atoms with van der Waals surface area (Å²) in [6.07, 6.45) is 0. The minimum atomic E-state index is -0.331. The van der Waals surface area contributed by atoms with Gasteiger partial charge in [-0.3, -0.25) is 4.79 Å². The van der Waals surface area contributed by atoms with Crippen LogP contribution in [0.5, 0.6) is 0 Å². The van der Waals surface area contributed by atoms with Crippen molar-refractivity contribution >= 4 is 5.91 Å². The lowest BCUT2D eigenvalue weighted by Gasteiger charge is -2.12. The summed E-state index contributed by atoms with van der Waals surface area (Å²) in [5.74, 6) is 0.0444. The fourth-order valence-corrected chi connectivity index (χ4v) is 2.38. The molecule has 0 bridgehead atoms. The Labute approximate surface area is 144 Å². The Balaban J connectivity index is 1.54. The largest absolute Gasteiger partial charge is 0.354 e. The maximum Gasteiger partial charge on any atom is 0.243 e. The molecule has 1 amide bonds. The molecule has 3 rings (SSSR count). The highest BCUT2D eigenvalue weighted by Crippen LogP contribution is 2.14. The zero-order valence-electron chi connectivity index (χ0n) is 13.8. The van der Waals surface area contributed by atoms with Gasteiger partial charge in [-0.25, -0.2) is 4.39 Å². The zero-order valence-corrected chi connectivity index (χ0v) is 13.8. The summed E-state index contributed by atoms with van der Waals surface area (Å²) in [6, 6.07) is 15.8. The third-order valence-electron chi connectivity index (χ3n) is 3.81. The summed E-state index contributed by atoms with van der Waals surface area (Å²) in [4.78, 5) is 13.3. The number of amides is 1. The fourth-order valence-electron chi connectivity index (χ4n) is 2.38. The van der Waals surface area contributed by atoms with Crippen molar-refractivity contribution in [3.8, 4) is 11.4 Å². The van der Waals surface area contributed by atoms with Gasteiger partial charge in [0.1, 0.15) is 12.4 Å². The van der Waals surface area contributed by atoms with Crippen LogP contribution in [0.1, 0.15) is 18.4 Å². The molecule has 1 N–H and O–H groups in total. The smallest absolute Gasteiger partial charge is 0.243 e. The molecule has 0 radical (unpaired) electrons. The molecule has 25 heavy (non-hydrogen) atoms. The van der Waals surface area contributed by atoms with Crippen LogP contribution in [0.3, 0.4) is 0 Å². The van der Waals surface area contributed by atoms with Crippen LogP contribution in [0.4, 0.5) is 4.39 Å². The van der Waals surface area contributed by atoms with Gasteiger partial charge in [0.15, 0.2) is 0 Å². The normalized spacial score (nSPS) is 11.9. The minimum absolute atomic E-state index is 0.0182. The predicted octanol–water partition coefficient (Wildman–Crippen LogP) is 2.40. The molecule has 0 aliphatic rings. The Morgan fingerprint density at radius 3 is 2.60 bits per heavy atom. The van der Waals surface area contributed by atoms with Crippen molar-refractivity contribution in [2.75, 3.05) is 6.54 Å². The maximum atomic E-state index is 12.9. The highest BCUT2D eigenvalue weighted by Gasteiger charge is 2.11. The SMILES string of the molecule is C[C@@H](CNC(=O)Cn1nnc(-c2ccc(F)cc2)n1)c1ccccc1. The van der Waals surface area contributed by atoms with Gasteiger partial charge in [-0.05, 0) is 41.0 Å². The van der Waals surface area contributed by atoms with E-state index in [0.717, 1.165) is 0 Å². The van der Waals surface area contributed by atoms with Crippen LogP contribution in [0, 0.1) is 5.82 Å². The lowest BCUT2D eigenvalue weighted by atomic mass is 10.0. The van der Waals surface area contributed by atoms with Gasteiger partial charge >= 0.3 is 0 Å². The van der Waals surface area contributed by atoms with Gasteiger partial charge in [0.2, 0.25) is 11.7 Å². The number of rotatable bonds is 6. The number of nitrogens with one attached hydrogen (secondary N) is 1. The molecule has 1 atom stereocenters. The number of benzene rings is 2. The van der Waals surface area contributed by atoms with Crippen LogP contribution in [0.2, 0.25) is 0 Å². The first-order valence-corrected chi connectivity index (χ1v) is 7.97. The maximum absolute atomic E-state index is 12.9. The third-order valence-corrected chi connectivity index (χ3v) is 3.81. The number of nitrogens with zero attached hydrogens (tertiary/aromatic N) is 4. The number of hydrogen-bond donors (Lipinski definition) is 1. The van der Waals surface area contributed by atoms with Gasteiger partial charge in [0.05, 0.1) is 0 Å². The van der Waals surface area contributed by atoms with E-state index in [1.54, 1.807) is 12.1 Å². The average molecular weight is 339 g/mol. The van der Waals surface area contributed by atoms with Gasteiger partial charge < -0.3 is 5.32 Å². The first-order valence-electron chi connectivity index (χ1n) is 7.97. The minimum Gasteiger partial charge on any atom is -0.354 e. The lowest BCUT2D eigenvalue weighted by molar-refractivity contribution is -0.122. The van der Waals surface area contributed by atoms with E-state index in [-0.39, 0.29) is 24.2 Å². The first kappa shape index (κ1) is 16.8. The van der Waals surface area contributed by atoms with Gasteiger partial charge in [0, 0.05) is 12.1 Å². The molecular formula is C18H18FN5O. The van der Waals surface area contributed by atoms with Crippen LogP contribution in [0.15, 0.2) is 54.6 Å². The van der Waals surface area contributed by atoms with Crippen LogP contribution >= 0.6 is 0 Å². The first-order chi connectivity index (χ1) is 12.1. The Bertz CT molecular complexity index is 832. The predicted molar refractivity (Wildman–Crippen MR) is 91.1 cm³/mol. The van der Waals surface area contributed by atoms with Crippen molar-refractivity contribution in [2.45, 2.75) is 19.4 Å². The fraction of sp³-hybridized carbons (Fsp3) is 0.222. The third kappa shape index (κ3) is 4.47. The summed E-state index contributed by atoms with van der Waals surface area (Å²) in [5.41, 5.74) is 1.81. The molecule has 1 aromatic heterocycles. The lowest BCUT2D eigenvalue weighted by Crippen LogP contribution is -2.31. The Hall–Kier alpha value is -3.09. The second-order valence-electron chi connectivity index (χ2n) is 5.77. The van der Waals surface area contributed by atoms with E-state index in [0.29, 0.717) is 17.9 Å². The van der Waals surface area contributed by atoms with E-state index in [1.807, 2.05) is 30.3 Å². The van der Waals surface area contributed by atoms with Crippen molar-refractivity contribution in [3.05, 3.63) is 66.0 Å². The summed E-state index contributed by atoms with van der Waals surface area (Å²) >= 11 is 0. The molecule has 3 aromatic rings. The monoisotopic (exact) mass is 339 g/mol. The number of aromatic nitrogens is 4. The molecule has 128 valence electrons. The zero-order chi connectivity index (χ0) is 17.6. The molecule has 0 aliphatic carbocycles. The van der Waals surface area contributed by atoms with Crippen molar-refractivity contribution in [1.29, 1.82) is 0 Å². The van der Waals surface area contributed by atoms with E-state index >= 15 is 0 Å². The highest BCUT2D eigenvalue weighted by molar-refractivity contribution is 5.75. The van der Waals surface area contributed by atoms with E-state index in [9.17, 15) is 9.18 Å². The second-order valence-corrected chi connectivity index (χ2v) is 5.77. The van der Waals surface area contributed by atoms with Crippen LogP contribution in [0.25, 0.3) is 11.4 Å². The molecule has 2 aromatic carbocycles. The molecule has 0 aliphatic heterocycles. The van der Waals surface area contributed by atoms with Crippen molar-refractivity contribution in [2.24, 2.45) is 0 Å². The Morgan fingerprint density at radius 1 is 1.16 bits per heavy atom. The Morgan fingerprint density at radius 2 is 1.88 bits per heavy atom. The molecule has 0 unspecified atom stereocenters. The van der Waals surface area contributed by atoms with Crippen LogP contribution < -0.4 is 5.32 Å². The molecule has 0 fully saturated rings. The van der Waals surface area contributed by atoms with E-state index in [2.05, 4.69) is 27.7 Å². The molecule has 7 heteroatoms. The van der Waals surface area contributed by atoms with E-state index in [4.69, 9.17) is 0 Å². The standard InChI is InChI=1S/C18H18FN5O/c1-13(14-5-3-2-4-6-14)11-20-17(25)12-24-22-18(21-23-24)15-7-9-16(19)10-8-15/h2-10,13H,11-12H2,1H3,(H,20,25)/t13-/m0/s1. The molecule has 0 saturated heterocycles. The van der Waals surface area contributed by atoms with Crippen molar-refractivity contribution in [3.63, 3.8) is 0 Å². The van der Waals surface area contributed by atoms with E-state index in [1.165, 1.54) is 22.5 Å². The Kier molecular flexibility index (Phi) is 5.13. The van der Waals surface area contributed by atoms with Crippen molar-refractivity contribution < 1.29 is 9.18 Å². The average Bonchev–Trinajstić information content (AvgIpc) is 3.09. The van der Waals surface area contributed by atoms with Gasteiger partial charge in [-0.1, -0.05) is 37.3 Å². The molecular weight excluding hydrogens is 321 g/mol. The topological polar surface area (TPSA) is 72.7 Å². The summed E-state index contributed by atoms with van der Waals surface area (Å²) in [7, 11) is 0. The molecule has 0 spiro atoms. The van der Waals surface area contributed by atoms with Gasteiger partial charge in [0.25, 0.3) is 0 Å². The van der Waals surface area contributed by atoms with Crippen molar-refractivity contribution in [1.82, 2.24) is 25.5 Å². The quantitative estimate of drug-likeness (QED) is 0.748. The van der Waals surface area contributed by atoms with E-state index < -0.39 is 0 Å².